The normalized spacial score (nSPS) is 10.2. The standard InChI is InChI=1S/C8H10N2O5/c11-3-1-2-9-5-6(10(14)15)4-7(9)8(12)13/h4-5,11H,1-3H2,(H,12,13). The molecule has 0 spiro atoms. The summed E-state index contributed by atoms with van der Waals surface area (Å²) in [6, 6.07) is 1.000. The number of aliphatic hydroxyl groups excluding tert-OH is 1. The minimum Gasteiger partial charge on any atom is -0.477 e. The van der Waals surface area contributed by atoms with Crippen molar-refractivity contribution in [2.24, 2.45) is 0 Å². The highest BCUT2D eigenvalue weighted by atomic mass is 16.6. The van der Waals surface area contributed by atoms with Crippen LogP contribution < -0.4 is 0 Å². The Morgan fingerprint density at radius 2 is 2.27 bits per heavy atom. The molecule has 7 heteroatoms. The van der Waals surface area contributed by atoms with Crippen LogP contribution in [0, 0.1) is 10.1 Å². The predicted molar refractivity (Wildman–Crippen MR) is 49.7 cm³/mol. The largest absolute Gasteiger partial charge is 0.477 e. The van der Waals surface area contributed by atoms with Crippen molar-refractivity contribution < 1.29 is 19.9 Å². The van der Waals surface area contributed by atoms with Crippen LogP contribution in [0.1, 0.15) is 16.9 Å². The summed E-state index contributed by atoms with van der Waals surface area (Å²) >= 11 is 0. The van der Waals surface area contributed by atoms with E-state index in [1.807, 2.05) is 0 Å². The van der Waals surface area contributed by atoms with Crippen LogP contribution in [-0.2, 0) is 6.54 Å². The van der Waals surface area contributed by atoms with Crippen LogP contribution in [0.15, 0.2) is 12.3 Å². The molecule has 7 nitrogen and oxygen atoms in total. The number of nitrogens with zero attached hydrogens (tertiary/aromatic N) is 2. The van der Waals surface area contributed by atoms with Gasteiger partial charge < -0.3 is 14.8 Å². The predicted octanol–water partition coefficient (Wildman–Crippen LogP) is 0.477. The first-order valence-electron chi connectivity index (χ1n) is 4.25. The summed E-state index contributed by atoms with van der Waals surface area (Å²) in [7, 11) is 0. The van der Waals surface area contributed by atoms with Gasteiger partial charge in [0.05, 0.1) is 11.1 Å². The number of aromatic nitrogens is 1. The monoisotopic (exact) mass is 214 g/mol. The van der Waals surface area contributed by atoms with Crippen LogP contribution in [0.5, 0.6) is 0 Å². The molecule has 0 unspecified atom stereocenters. The van der Waals surface area contributed by atoms with Crippen molar-refractivity contribution in [3.05, 3.63) is 28.1 Å². The zero-order valence-corrected chi connectivity index (χ0v) is 7.79. The molecular formula is C8H10N2O5. The van der Waals surface area contributed by atoms with Gasteiger partial charge in [0.15, 0.2) is 0 Å². The van der Waals surface area contributed by atoms with Crippen LogP contribution in [0.4, 0.5) is 5.69 Å². The summed E-state index contributed by atoms with van der Waals surface area (Å²) < 4.78 is 1.25. The number of rotatable bonds is 5. The summed E-state index contributed by atoms with van der Waals surface area (Å²) in [5.74, 6) is -1.22. The Labute approximate surface area is 84.7 Å². The first kappa shape index (κ1) is 11.2. The molecule has 1 rings (SSSR count). The van der Waals surface area contributed by atoms with Gasteiger partial charge in [-0.15, -0.1) is 0 Å². The molecule has 0 bridgehead atoms. The Bertz CT molecular complexity index is 384. The highest BCUT2D eigenvalue weighted by molar-refractivity contribution is 5.86. The van der Waals surface area contributed by atoms with Crippen LogP contribution in [0.25, 0.3) is 0 Å². The summed E-state index contributed by atoms with van der Waals surface area (Å²) in [5.41, 5.74) is -0.402. The third kappa shape index (κ3) is 2.53. The Balaban J connectivity index is 3.00. The fourth-order valence-corrected chi connectivity index (χ4v) is 1.20. The van der Waals surface area contributed by atoms with Gasteiger partial charge in [0.2, 0.25) is 0 Å². The highest BCUT2D eigenvalue weighted by Gasteiger charge is 2.18. The number of carboxylic acid groups (broad SMARTS) is 1. The molecule has 0 saturated carbocycles. The highest BCUT2D eigenvalue weighted by Crippen LogP contribution is 2.16. The molecule has 0 saturated heterocycles. The Kier molecular flexibility index (Phi) is 3.40. The van der Waals surface area contributed by atoms with Gasteiger partial charge in [-0.1, -0.05) is 0 Å². The van der Waals surface area contributed by atoms with Gasteiger partial charge in [0, 0.05) is 19.2 Å². The van der Waals surface area contributed by atoms with Gasteiger partial charge in [-0.25, -0.2) is 4.79 Å². The molecule has 0 atom stereocenters. The zero-order chi connectivity index (χ0) is 11.4. The van der Waals surface area contributed by atoms with Gasteiger partial charge in [-0.05, 0) is 6.42 Å². The minimum absolute atomic E-state index is 0.0922. The second-order valence-corrected chi connectivity index (χ2v) is 2.92. The first-order chi connectivity index (χ1) is 7.06. The van der Waals surface area contributed by atoms with Crippen molar-refractivity contribution in [1.29, 1.82) is 0 Å². The van der Waals surface area contributed by atoms with Crippen LogP contribution in [0.3, 0.4) is 0 Å². The van der Waals surface area contributed by atoms with Crippen molar-refractivity contribution >= 4 is 11.7 Å². The third-order valence-corrected chi connectivity index (χ3v) is 1.87. The van der Waals surface area contributed by atoms with Crippen molar-refractivity contribution in [3.8, 4) is 0 Å². The van der Waals surface area contributed by atoms with Gasteiger partial charge in [-0.2, -0.15) is 0 Å². The smallest absolute Gasteiger partial charge is 0.352 e. The van der Waals surface area contributed by atoms with E-state index in [0.29, 0.717) is 6.42 Å². The molecular weight excluding hydrogens is 204 g/mol. The molecule has 1 aromatic heterocycles. The van der Waals surface area contributed by atoms with Crippen molar-refractivity contribution in [2.75, 3.05) is 6.61 Å². The lowest BCUT2D eigenvalue weighted by atomic mass is 10.4. The molecule has 82 valence electrons. The Morgan fingerprint density at radius 3 is 2.73 bits per heavy atom. The van der Waals surface area contributed by atoms with Gasteiger partial charge >= 0.3 is 5.97 Å². The molecule has 15 heavy (non-hydrogen) atoms. The van der Waals surface area contributed by atoms with E-state index >= 15 is 0 Å². The number of aromatic carboxylic acids is 1. The quantitative estimate of drug-likeness (QED) is 0.547. The van der Waals surface area contributed by atoms with E-state index in [-0.39, 0.29) is 24.5 Å². The van der Waals surface area contributed by atoms with E-state index in [1.54, 1.807) is 0 Å². The summed E-state index contributed by atoms with van der Waals surface area (Å²) in [6.45, 7) is 0.150. The zero-order valence-electron chi connectivity index (χ0n) is 7.79. The van der Waals surface area contributed by atoms with E-state index in [4.69, 9.17) is 10.2 Å². The van der Waals surface area contributed by atoms with E-state index in [9.17, 15) is 14.9 Å². The summed E-state index contributed by atoms with van der Waals surface area (Å²) in [5, 5.41) is 27.7. The van der Waals surface area contributed by atoms with E-state index in [0.717, 1.165) is 12.3 Å². The van der Waals surface area contributed by atoms with E-state index in [2.05, 4.69) is 0 Å². The van der Waals surface area contributed by atoms with Crippen LogP contribution >= 0.6 is 0 Å². The van der Waals surface area contributed by atoms with Gasteiger partial charge in [0.1, 0.15) is 5.69 Å². The Morgan fingerprint density at radius 1 is 1.60 bits per heavy atom. The number of nitro groups is 1. The number of hydrogen-bond donors (Lipinski definition) is 2. The van der Waals surface area contributed by atoms with Gasteiger partial charge in [0.25, 0.3) is 5.69 Å². The van der Waals surface area contributed by atoms with E-state index in [1.165, 1.54) is 4.57 Å². The fraction of sp³-hybridized carbons (Fsp3) is 0.375. The summed E-state index contributed by atoms with van der Waals surface area (Å²) in [6.07, 6.45) is 1.51. The average Bonchev–Trinajstić information content (AvgIpc) is 2.58. The number of carbonyl (C=O) groups is 1. The molecule has 0 radical (unpaired) electrons. The van der Waals surface area contributed by atoms with Crippen molar-refractivity contribution in [3.63, 3.8) is 0 Å². The molecule has 0 aliphatic rings. The second-order valence-electron chi connectivity index (χ2n) is 2.92. The molecule has 0 aliphatic heterocycles. The molecule has 0 aromatic carbocycles. The number of hydrogen-bond acceptors (Lipinski definition) is 4. The number of aliphatic hydroxyl groups is 1. The average molecular weight is 214 g/mol. The maximum absolute atomic E-state index is 10.7. The van der Waals surface area contributed by atoms with E-state index < -0.39 is 10.9 Å². The lowest BCUT2D eigenvalue weighted by Gasteiger charge is -2.02. The second kappa shape index (κ2) is 4.56. The maximum atomic E-state index is 10.7. The first-order valence-corrected chi connectivity index (χ1v) is 4.25. The molecule has 1 aromatic rings. The van der Waals surface area contributed by atoms with Crippen LogP contribution in [-0.4, -0.2) is 32.3 Å². The minimum atomic E-state index is -1.22. The number of carboxylic acids is 1. The SMILES string of the molecule is O=C(O)c1cc([N+](=O)[O-])cn1CCCO. The molecule has 0 aliphatic carbocycles. The lowest BCUT2D eigenvalue weighted by Crippen LogP contribution is -2.08. The third-order valence-electron chi connectivity index (χ3n) is 1.87. The van der Waals surface area contributed by atoms with Crippen LogP contribution in [0.2, 0.25) is 0 Å². The van der Waals surface area contributed by atoms with Crippen molar-refractivity contribution in [1.82, 2.24) is 4.57 Å². The Hall–Kier alpha value is -1.89. The lowest BCUT2D eigenvalue weighted by molar-refractivity contribution is -0.384. The fourth-order valence-electron chi connectivity index (χ4n) is 1.20. The molecule has 0 fully saturated rings. The van der Waals surface area contributed by atoms with Gasteiger partial charge in [-0.3, -0.25) is 10.1 Å². The van der Waals surface area contributed by atoms with Crippen molar-refractivity contribution in [2.45, 2.75) is 13.0 Å². The maximum Gasteiger partial charge on any atom is 0.352 e. The topological polar surface area (TPSA) is 106 Å². The molecule has 2 N–H and O–H groups in total. The molecule has 0 amide bonds. The number of aryl methyl sites for hydroxylation is 1. The summed E-state index contributed by atoms with van der Waals surface area (Å²) in [4.78, 5) is 20.5. The molecule has 1 heterocycles.